The second-order valence-corrected chi connectivity index (χ2v) is 5.10. The van der Waals surface area contributed by atoms with Gasteiger partial charge < -0.3 is 15.5 Å². The maximum atomic E-state index is 11.8. The van der Waals surface area contributed by atoms with Crippen LogP contribution in [0.15, 0.2) is 24.3 Å². The average molecular weight is 276 g/mol. The molecule has 0 aliphatic carbocycles. The molecule has 0 bridgehead atoms. The Bertz CT molecular complexity index is 488. The fourth-order valence-electron chi connectivity index (χ4n) is 2.52. The minimum atomic E-state index is -0.139. The smallest absolute Gasteiger partial charge is 0.275 e. The molecule has 2 rings (SSSR count). The summed E-state index contributed by atoms with van der Waals surface area (Å²) in [4.78, 5) is 24.3. The van der Waals surface area contributed by atoms with Gasteiger partial charge in [-0.2, -0.15) is 0 Å². The number of likely N-dealkylation sites (N-methyl/N-ethyl adjacent to an activating group) is 1. The second-order valence-electron chi connectivity index (χ2n) is 5.10. The van der Waals surface area contributed by atoms with Crippen molar-refractivity contribution in [1.82, 2.24) is 10.6 Å². The van der Waals surface area contributed by atoms with Crippen molar-refractivity contribution in [2.75, 3.05) is 26.2 Å². The molecule has 0 saturated carbocycles. The number of nitrogens with one attached hydrogen (secondary N) is 3. The zero-order chi connectivity index (χ0) is 14.4. The molecule has 1 aliphatic heterocycles. The van der Waals surface area contributed by atoms with E-state index in [-0.39, 0.29) is 18.4 Å². The number of carbonyl (C=O) groups excluding carboxylic acids is 2. The molecule has 108 valence electrons. The lowest BCUT2D eigenvalue weighted by atomic mass is 10.00. The lowest BCUT2D eigenvalue weighted by Crippen LogP contribution is -3.12. The molecule has 0 spiro atoms. The molecular formula is C15H22N3O2+. The van der Waals surface area contributed by atoms with Crippen LogP contribution in [0.2, 0.25) is 0 Å². The Morgan fingerprint density at radius 1 is 1.15 bits per heavy atom. The van der Waals surface area contributed by atoms with E-state index in [1.54, 1.807) is 0 Å². The summed E-state index contributed by atoms with van der Waals surface area (Å²) < 4.78 is 0. The summed E-state index contributed by atoms with van der Waals surface area (Å²) >= 11 is 0. The highest BCUT2D eigenvalue weighted by Gasteiger charge is 2.21. The van der Waals surface area contributed by atoms with E-state index in [0.717, 1.165) is 19.5 Å². The molecular weight excluding hydrogens is 254 g/mol. The van der Waals surface area contributed by atoms with Crippen LogP contribution in [-0.4, -0.2) is 38.0 Å². The maximum Gasteiger partial charge on any atom is 0.275 e. The third-order valence-electron chi connectivity index (χ3n) is 3.54. The van der Waals surface area contributed by atoms with Crippen molar-refractivity contribution in [3.63, 3.8) is 0 Å². The first kappa shape index (κ1) is 14.5. The van der Waals surface area contributed by atoms with Crippen LogP contribution in [0.25, 0.3) is 0 Å². The Balaban J connectivity index is 1.77. The molecule has 1 aromatic rings. The Morgan fingerprint density at radius 3 is 2.65 bits per heavy atom. The minimum absolute atomic E-state index is 0.0642. The zero-order valence-corrected chi connectivity index (χ0v) is 11.9. The number of amides is 2. The molecule has 0 radical (unpaired) electrons. The van der Waals surface area contributed by atoms with Crippen LogP contribution >= 0.6 is 0 Å². The normalized spacial score (nSPS) is 17.1. The van der Waals surface area contributed by atoms with Gasteiger partial charge in [0.2, 0.25) is 5.91 Å². The molecule has 1 aliphatic rings. The minimum Gasteiger partial charge on any atom is -0.355 e. The molecule has 5 heteroatoms. The van der Waals surface area contributed by atoms with E-state index < -0.39 is 0 Å². The van der Waals surface area contributed by atoms with E-state index in [1.807, 2.05) is 13.0 Å². The van der Waals surface area contributed by atoms with Crippen molar-refractivity contribution in [2.24, 2.45) is 0 Å². The summed E-state index contributed by atoms with van der Waals surface area (Å²) in [6.45, 7) is 4.78. The molecule has 1 atom stereocenters. The van der Waals surface area contributed by atoms with Gasteiger partial charge in [-0.05, 0) is 12.5 Å². The lowest BCUT2D eigenvalue weighted by molar-refractivity contribution is -0.908. The van der Waals surface area contributed by atoms with Crippen molar-refractivity contribution >= 4 is 11.8 Å². The number of carbonyl (C=O) groups is 2. The summed E-state index contributed by atoms with van der Waals surface area (Å²) in [5.41, 5.74) is 2.71. The molecule has 1 unspecified atom stereocenters. The van der Waals surface area contributed by atoms with Crippen molar-refractivity contribution in [3.05, 3.63) is 35.4 Å². The highest BCUT2D eigenvalue weighted by atomic mass is 16.2. The number of quaternary nitrogens is 1. The Kier molecular flexibility index (Phi) is 5.12. The lowest BCUT2D eigenvalue weighted by Gasteiger charge is -2.25. The van der Waals surface area contributed by atoms with Crippen LogP contribution in [0, 0.1) is 0 Å². The third kappa shape index (κ3) is 4.06. The topological polar surface area (TPSA) is 62.6 Å². The van der Waals surface area contributed by atoms with Crippen molar-refractivity contribution < 1.29 is 14.5 Å². The van der Waals surface area contributed by atoms with E-state index >= 15 is 0 Å². The van der Waals surface area contributed by atoms with E-state index in [1.165, 1.54) is 16.0 Å². The predicted octanol–water partition coefficient (Wildman–Crippen LogP) is -1.12. The molecule has 1 heterocycles. The van der Waals surface area contributed by atoms with Gasteiger partial charge in [-0.3, -0.25) is 9.59 Å². The van der Waals surface area contributed by atoms with Gasteiger partial charge in [-0.25, -0.2) is 0 Å². The van der Waals surface area contributed by atoms with Crippen molar-refractivity contribution in [1.29, 1.82) is 0 Å². The summed E-state index contributed by atoms with van der Waals surface area (Å²) in [5, 5.41) is 5.32. The zero-order valence-electron chi connectivity index (χ0n) is 11.9. The number of benzene rings is 1. The van der Waals surface area contributed by atoms with Gasteiger partial charge in [-0.15, -0.1) is 0 Å². The van der Waals surface area contributed by atoms with Gasteiger partial charge in [0.05, 0.1) is 13.1 Å². The maximum absolute atomic E-state index is 11.8. The predicted molar refractivity (Wildman–Crippen MR) is 76.2 cm³/mol. The van der Waals surface area contributed by atoms with Crippen molar-refractivity contribution in [3.8, 4) is 0 Å². The van der Waals surface area contributed by atoms with Crippen LogP contribution in [0.3, 0.4) is 0 Å². The first-order valence-corrected chi connectivity index (χ1v) is 7.12. The quantitative estimate of drug-likeness (QED) is 0.638. The largest absolute Gasteiger partial charge is 0.355 e. The Morgan fingerprint density at radius 2 is 1.90 bits per heavy atom. The monoisotopic (exact) mass is 276 g/mol. The highest BCUT2D eigenvalue weighted by Crippen LogP contribution is 2.10. The summed E-state index contributed by atoms with van der Waals surface area (Å²) in [6.07, 6.45) is 1.01. The number of fused-ring (bicyclic) bond motifs is 1. The fraction of sp³-hybridized carbons (Fsp3) is 0.467. The number of hydrogen-bond acceptors (Lipinski definition) is 2. The van der Waals surface area contributed by atoms with Gasteiger partial charge in [0.1, 0.15) is 6.54 Å². The molecule has 5 nitrogen and oxygen atoms in total. The molecule has 0 saturated heterocycles. The standard InChI is InChI=1S/C15H21N3O2/c1-2-16-14(19)9-17-15(20)11-18-8-7-12-5-3-4-6-13(12)10-18/h3-6H,2,7-11H2,1H3,(H,16,19)(H,17,20)/p+1. The molecule has 1 aromatic carbocycles. The van der Waals surface area contributed by atoms with Crippen LogP contribution in [0.1, 0.15) is 18.1 Å². The first-order valence-electron chi connectivity index (χ1n) is 7.12. The molecule has 2 amide bonds. The van der Waals surface area contributed by atoms with E-state index in [4.69, 9.17) is 0 Å². The van der Waals surface area contributed by atoms with Gasteiger partial charge in [0, 0.05) is 18.5 Å². The fourth-order valence-corrected chi connectivity index (χ4v) is 2.52. The second kappa shape index (κ2) is 7.05. The summed E-state index contributed by atoms with van der Waals surface area (Å²) in [5.74, 6) is -0.203. The van der Waals surface area contributed by atoms with E-state index in [0.29, 0.717) is 13.1 Å². The summed E-state index contributed by atoms with van der Waals surface area (Å²) in [7, 11) is 0. The number of hydrogen-bond donors (Lipinski definition) is 3. The highest BCUT2D eigenvalue weighted by molar-refractivity contribution is 5.84. The van der Waals surface area contributed by atoms with Crippen LogP contribution < -0.4 is 15.5 Å². The molecule has 0 fully saturated rings. The van der Waals surface area contributed by atoms with Gasteiger partial charge >= 0.3 is 0 Å². The summed E-state index contributed by atoms with van der Waals surface area (Å²) in [6, 6.07) is 8.38. The SMILES string of the molecule is CCNC(=O)CNC(=O)C[NH+]1CCc2ccccc2C1. The molecule has 0 aromatic heterocycles. The molecule has 20 heavy (non-hydrogen) atoms. The van der Waals surface area contributed by atoms with Crippen LogP contribution in [-0.2, 0) is 22.6 Å². The first-order chi connectivity index (χ1) is 9.69. The van der Waals surface area contributed by atoms with Crippen molar-refractivity contribution in [2.45, 2.75) is 19.9 Å². The van der Waals surface area contributed by atoms with Gasteiger partial charge in [0.25, 0.3) is 5.91 Å². The van der Waals surface area contributed by atoms with Crippen LogP contribution in [0.5, 0.6) is 0 Å². The number of rotatable bonds is 5. The molecule has 3 N–H and O–H groups in total. The van der Waals surface area contributed by atoms with E-state index in [2.05, 4.69) is 28.8 Å². The average Bonchev–Trinajstić information content (AvgIpc) is 2.45. The van der Waals surface area contributed by atoms with E-state index in [9.17, 15) is 9.59 Å². The van der Waals surface area contributed by atoms with Crippen LogP contribution in [0.4, 0.5) is 0 Å². The Hall–Kier alpha value is -1.88. The Labute approximate surface area is 119 Å². The van der Waals surface area contributed by atoms with Gasteiger partial charge in [-0.1, -0.05) is 24.3 Å². The third-order valence-corrected chi connectivity index (χ3v) is 3.54. The van der Waals surface area contributed by atoms with Gasteiger partial charge in [0.15, 0.2) is 6.54 Å².